The van der Waals surface area contributed by atoms with E-state index in [-0.39, 0.29) is 5.91 Å². The lowest BCUT2D eigenvalue weighted by atomic mass is 10.1. The van der Waals surface area contributed by atoms with Gasteiger partial charge in [0.1, 0.15) is 11.5 Å². The van der Waals surface area contributed by atoms with Crippen molar-refractivity contribution in [3.8, 4) is 11.3 Å². The summed E-state index contributed by atoms with van der Waals surface area (Å²) in [4.78, 5) is 12.4. The van der Waals surface area contributed by atoms with Gasteiger partial charge in [-0.1, -0.05) is 53.5 Å². The highest BCUT2D eigenvalue weighted by molar-refractivity contribution is 6.42. The molecule has 1 N–H and O–H groups in total. The first-order chi connectivity index (χ1) is 11.0. The highest BCUT2D eigenvalue weighted by atomic mass is 35.5. The van der Waals surface area contributed by atoms with Crippen LogP contribution in [0, 0.1) is 6.92 Å². The second kappa shape index (κ2) is 6.49. The van der Waals surface area contributed by atoms with Crippen LogP contribution in [-0.4, -0.2) is 5.91 Å². The minimum Gasteiger partial charge on any atom is -0.461 e. The van der Waals surface area contributed by atoms with Crippen LogP contribution in [0.25, 0.3) is 11.3 Å². The first-order valence-corrected chi connectivity index (χ1v) is 7.72. The summed E-state index contributed by atoms with van der Waals surface area (Å²) in [5, 5.41) is 3.62. The Hall–Kier alpha value is -2.23. The molecule has 2 aromatic carbocycles. The molecule has 116 valence electrons. The van der Waals surface area contributed by atoms with E-state index in [0.717, 1.165) is 5.56 Å². The predicted octanol–water partition coefficient (Wildman–Crippen LogP) is 5.81. The van der Waals surface area contributed by atoms with Crippen LogP contribution in [0.15, 0.2) is 59.0 Å². The van der Waals surface area contributed by atoms with Gasteiger partial charge in [-0.15, -0.1) is 0 Å². The lowest BCUT2D eigenvalue weighted by molar-refractivity contribution is 0.102. The molecular formula is C18H13Cl2NO2. The van der Waals surface area contributed by atoms with Gasteiger partial charge >= 0.3 is 0 Å². The SMILES string of the molecule is Cc1oc(-c2ccccc2)cc1C(=O)Nc1ccc(Cl)c(Cl)c1. The zero-order valence-corrected chi connectivity index (χ0v) is 13.8. The van der Waals surface area contributed by atoms with Gasteiger partial charge in [0.2, 0.25) is 0 Å². The van der Waals surface area contributed by atoms with Crippen LogP contribution in [0.1, 0.15) is 16.1 Å². The fourth-order valence-corrected chi connectivity index (χ4v) is 2.52. The highest BCUT2D eigenvalue weighted by Gasteiger charge is 2.16. The predicted molar refractivity (Wildman–Crippen MR) is 93.3 cm³/mol. The van der Waals surface area contributed by atoms with Crippen LogP contribution < -0.4 is 5.32 Å². The quantitative estimate of drug-likeness (QED) is 0.650. The van der Waals surface area contributed by atoms with Crippen molar-refractivity contribution in [2.45, 2.75) is 6.92 Å². The molecule has 0 aliphatic heterocycles. The van der Waals surface area contributed by atoms with Crippen molar-refractivity contribution in [2.24, 2.45) is 0 Å². The fraction of sp³-hybridized carbons (Fsp3) is 0.0556. The maximum atomic E-state index is 12.4. The Balaban J connectivity index is 1.85. The third-order valence-electron chi connectivity index (χ3n) is 3.40. The van der Waals surface area contributed by atoms with E-state index in [9.17, 15) is 4.79 Å². The Morgan fingerprint density at radius 3 is 2.43 bits per heavy atom. The van der Waals surface area contributed by atoms with Gasteiger partial charge in [0.05, 0.1) is 15.6 Å². The van der Waals surface area contributed by atoms with Crippen molar-refractivity contribution in [3.63, 3.8) is 0 Å². The normalized spacial score (nSPS) is 10.6. The molecule has 3 rings (SSSR count). The minimum atomic E-state index is -0.258. The maximum Gasteiger partial charge on any atom is 0.259 e. The molecule has 1 aromatic heterocycles. The standard InChI is InChI=1S/C18H13Cl2NO2/c1-11-14(10-17(23-11)12-5-3-2-4-6-12)18(22)21-13-7-8-15(19)16(20)9-13/h2-10H,1H3,(H,21,22). The van der Waals surface area contributed by atoms with Crippen LogP contribution in [0.2, 0.25) is 10.0 Å². The number of carbonyl (C=O) groups excluding carboxylic acids is 1. The van der Waals surface area contributed by atoms with E-state index in [4.69, 9.17) is 27.6 Å². The molecule has 0 unspecified atom stereocenters. The number of rotatable bonds is 3. The number of benzene rings is 2. The van der Waals surface area contributed by atoms with Crippen molar-refractivity contribution >= 4 is 34.8 Å². The van der Waals surface area contributed by atoms with Crippen molar-refractivity contribution in [1.29, 1.82) is 0 Å². The van der Waals surface area contributed by atoms with Crippen LogP contribution in [-0.2, 0) is 0 Å². The Kier molecular flexibility index (Phi) is 4.42. The Morgan fingerprint density at radius 2 is 1.74 bits per heavy atom. The Morgan fingerprint density at radius 1 is 1.00 bits per heavy atom. The number of halogens is 2. The molecule has 0 radical (unpaired) electrons. The molecule has 0 spiro atoms. The second-order valence-corrected chi connectivity index (χ2v) is 5.84. The lowest BCUT2D eigenvalue weighted by Gasteiger charge is -2.05. The molecule has 0 bridgehead atoms. The molecule has 0 saturated heterocycles. The zero-order valence-electron chi connectivity index (χ0n) is 12.3. The van der Waals surface area contributed by atoms with Gasteiger partial charge < -0.3 is 9.73 Å². The molecule has 0 atom stereocenters. The van der Waals surface area contributed by atoms with Crippen molar-refractivity contribution in [3.05, 3.63) is 76.0 Å². The molecule has 0 aliphatic rings. The third kappa shape index (κ3) is 3.41. The van der Waals surface area contributed by atoms with E-state index < -0.39 is 0 Å². The maximum absolute atomic E-state index is 12.4. The monoisotopic (exact) mass is 345 g/mol. The van der Waals surface area contributed by atoms with E-state index in [1.165, 1.54) is 0 Å². The zero-order chi connectivity index (χ0) is 16.4. The van der Waals surface area contributed by atoms with Crippen LogP contribution in [0.3, 0.4) is 0 Å². The summed E-state index contributed by atoms with van der Waals surface area (Å²) in [6.07, 6.45) is 0. The van der Waals surface area contributed by atoms with E-state index in [0.29, 0.717) is 32.8 Å². The van der Waals surface area contributed by atoms with Crippen LogP contribution in [0.4, 0.5) is 5.69 Å². The summed E-state index contributed by atoms with van der Waals surface area (Å²) in [6.45, 7) is 1.76. The van der Waals surface area contributed by atoms with Gasteiger partial charge in [-0.05, 0) is 31.2 Å². The molecule has 5 heteroatoms. The van der Waals surface area contributed by atoms with Crippen LogP contribution >= 0.6 is 23.2 Å². The van der Waals surface area contributed by atoms with E-state index in [1.807, 2.05) is 30.3 Å². The second-order valence-electron chi connectivity index (χ2n) is 5.03. The Labute approximate surface area is 143 Å². The number of hydrogen-bond donors (Lipinski definition) is 1. The van der Waals surface area contributed by atoms with Crippen molar-refractivity contribution < 1.29 is 9.21 Å². The summed E-state index contributed by atoms with van der Waals surface area (Å²) in [6, 6.07) is 16.3. The summed E-state index contributed by atoms with van der Waals surface area (Å²) in [7, 11) is 0. The topological polar surface area (TPSA) is 42.2 Å². The molecular weight excluding hydrogens is 333 g/mol. The molecule has 3 aromatic rings. The van der Waals surface area contributed by atoms with Gasteiger partial charge in [-0.25, -0.2) is 0 Å². The summed E-state index contributed by atoms with van der Waals surface area (Å²) in [5.74, 6) is 0.954. The first kappa shape index (κ1) is 15.7. The van der Waals surface area contributed by atoms with Crippen molar-refractivity contribution in [2.75, 3.05) is 5.32 Å². The largest absolute Gasteiger partial charge is 0.461 e. The fourth-order valence-electron chi connectivity index (χ4n) is 2.22. The van der Waals surface area contributed by atoms with Crippen LogP contribution in [0.5, 0.6) is 0 Å². The number of nitrogens with one attached hydrogen (secondary N) is 1. The number of carbonyl (C=O) groups is 1. The van der Waals surface area contributed by atoms with Crippen molar-refractivity contribution in [1.82, 2.24) is 0 Å². The van der Waals surface area contributed by atoms with E-state index in [2.05, 4.69) is 5.32 Å². The number of furan rings is 1. The van der Waals surface area contributed by atoms with E-state index >= 15 is 0 Å². The van der Waals surface area contributed by atoms with Gasteiger partial charge in [0.25, 0.3) is 5.91 Å². The molecule has 3 nitrogen and oxygen atoms in total. The average Bonchev–Trinajstić information content (AvgIpc) is 2.94. The molecule has 1 heterocycles. The smallest absolute Gasteiger partial charge is 0.259 e. The van der Waals surface area contributed by atoms with Gasteiger partial charge in [0, 0.05) is 11.3 Å². The molecule has 0 aliphatic carbocycles. The van der Waals surface area contributed by atoms with Gasteiger partial charge in [-0.2, -0.15) is 0 Å². The average molecular weight is 346 g/mol. The number of amides is 1. The van der Waals surface area contributed by atoms with Gasteiger partial charge in [-0.3, -0.25) is 4.79 Å². The summed E-state index contributed by atoms with van der Waals surface area (Å²) < 4.78 is 5.69. The molecule has 0 saturated carbocycles. The summed E-state index contributed by atoms with van der Waals surface area (Å²) >= 11 is 11.8. The van der Waals surface area contributed by atoms with E-state index in [1.54, 1.807) is 31.2 Å². The summed E-state index contributed by atoms with van der Waals surface area (Å²) in [5.41, 5.74) is 1.98. The molecule has 23 heavy (non-hydrogen) atoms. The number of hydrogen-bond acceptors (Lipinski definition) is 2. The molecule has 1 amide bonds. The Bertz CT molecular complexity index is 857. The highest BCUT2D eigenvalue weighted by Crippen LogP contribution is 2.28. The third-order valence-corrected chi connectivity index (χ3v) is 4.14. The first-order valence-electron chi connectivity index (χ1n) is 6.97. The number of aryl methyl sites for hydroxylation is 1. The number of anilines is 1. The lowest BCUT2D eigenvalue weighted by Crippen LogP contribution is -2.12. The van der Waals surface area contributed by atoms with Gasteiger partial charge in [0.15, 0.2) is 0 Å². The molecule has 0 fully saturated rings. The minimum absolute atomic E-state index is 0.258.